The number of hydrogen-bond acceptors (Lipinski definition) is 2. The number of benzene rings is 1. The van der Waals surface area contributed by atoms with Crippen LogP contribution < -0.4 is 10.2 Å². The maximum Gasteiger partial charge on any atom is 0.402 e. The second kappa shape index (κ2) is 4.32. The molecule has 7 heteroatoms. The van der Waals surface area contributed by atoms with Gasteiger partial charge in [-0.1, -0.05) is 18.2 Å². The van der Waals surface area contributed by atoms with Crippen molar-refractivity contribution in [3.63, 3.8) is 0 Å². The number of hydrogen-bond donors (Lipinski definition) is 1. The van der Waals surface area contributed by atoms with Crippen molar-refractivity contribution >= 4 is 17.6 Å². The van der Waals surface area contributed by atoms with Gasteiger partial charge in [0.15, 0.2) is 5.92 Å². The van der Waals surface area contributed by atoms with Crippen LogP contribution in [0.15, 0.2) is 30.3 Å². The number of carbonyl (C=O) groups excluding carboxylic acids is 2. The maximum absolute atomic E-state index is 12.6. The molecule has 1 aliphatic rings. The van der Waals surface area contributed by atoms with E-state index in [0.717, 1.165) is 0 Å². The summed E-state index contributed by atoms with van der Waals surface area (Å²) < 4.78 is 37.8. The average molecular weight is 258 g/mol. The number of rotatable bonds is 1. The molecule has 1 aromatic carbocycles. The number of para-hydroxylation sites is 1. The van der Waals surface area contributed by atoms with Gasteiger partial charge in [-0.15, -0.1) is 0 Å². The Balaban J connectivity index is 2.34. The minimum absolute atomic E-state index is 0.119. The topological polar surface area (TPSA) is 49.4 Å². The van der Waals surface area contributed by atoms with Crippen molar-refractivity contribution in [2.75, 3.05) is 11.4 Å². The van der Waals surface area contributed by atoms with E-state index in [9.17, 15) is 22.8 Å². The molecule has 0 saturated carbocycles. The molecular formula is C11H9F3N2O2. The fourth-order valence-corrected chi connectivity index (χ4v) is 1.69. The van der Waals surface area contributed by atoms with Gasteiger partial charge < -0.3 is 5.32 Å². The van der Waals surface area contributed by atoms with Crippen LogP contribution in [0.3, 0.4) is 0 Å². The molecule has 0 radical (unpaired) electrons. The molecule has 1 saturated heterocycles. The third kappa shape index (κ3) is 2.15. The lowest BCUT2D eigenvalue weighted by molar-refractivity contribution is -0.180. The van der Waals surface area contributed by atoms with Crippen LogP contribution in [0.1, 0.15) is 0 Å². The van der Waals surface area contributed by atoms with E-state index >= 15 is 0 Å². The maximum atomic E-state index is 12.6. The molecule has 2 rings (SSSR count). The summed E-state index contributed by atoms with van der Waals surface area (Å²) in [7, 11) is 0. The lowest BCUT2D eigenvalue weighted by Gasteiger charge is -2.32. The minimum atomic E-state index is -4.67. The molecule has 0 aliphatic carbocycles. The van der Waals surface area contributed by atoms with Gasteiger partial charge in [0.25, 0.3) is 0 Å². The molecule has 4 nitrogen and oxygen atoms in total. The van der Waals surface area contributed by atoms with Gasteiger partial charge in [-0.25, -0.2) is 9.69 Å². The van der Waals surface area contributed by atoms with Crippen molar-refractivity contribution < 1.29 is 22.8 Å². The van der Waals surface area contributed by atoms with Gasteiger partial charge >= 0.3 is 12.2 Å². The third-order valence-corrected chi connectivity index (χ3v) is 2.59. The summed E-state index contributed by atoms with van der Waals surface area (Å²) in [6.07, 6.45) is -4.67. The van der Waals surface area contributed by atoms with E-state index in [4.69, 9.17) is 0 Å². The second-order valence-corrected chi connectivity index (χ2v) is 3.79. The Bertz CT molecular complexity index is 473. The highest BCUT2D eigenvalue weighted by molar-refractivity contribution is 6.16. The molecule has 1 heterocycles. The van der Waals surface area contributed by atoms with Crippen molar-refractivity contribution in [2.45, 2.75) is 6.18 Å². The van der Waals surface area contributed by atoms with Crippen molar-refractivity contribution in [2.24, 2.45) is 5.92 Å². The smallest absolute Gasteiger partial charge is 0.336 e. The Morgan fingerprint density at radius 1 is 1.17 bits per heavy atom. The monoisotopic (exact) mass is 258 g/mol. The number of anilines is 1. The van der Waals surface area contributed by atoms with E-state index in [2.05, 4.69) is 5.32 Å². The molecule has 0 spiro atoms. The van der Waals surface area contributed by atoms with E-state index in [0.29, 0.717) is 4.90 Å². The standard InChI is InChI=1S/C11H9F3N2O2/c12-11(13,14)8-6-15-10(18)16(9(8)17)7-4-2-1-3-5-7/h1-5,8H,6H2,(H,15,18). The number of nitrogens with zero attached hydrogens (tertiary/aromatic N) is 1. The highest BCUT2D eigenvalue weighted by atomic mass is 19.4. The highest BCUT2D eigenvalue weighted by Crippen LogP contribution is 2.31. The molecule has 1 N–H and O–H groups in total. The first-order valence-corrected chi connectivity index (χ1v) is 5.15. The Hall–Kier alpha value is -2.05. The van der Waals surface area contributed by atoms with Crippen LogP contribution in [0.25, 0.3) is 0 Å². The summed E-state index contributed by atoms with van der Waals surface area (Å²) in [5, 5.41) is 2.06. The number of urea groups is 1. The SMILES string of the molecule is O=C1NCC(C(F)(F)F)C(=O)N1c1ccccc1. The van der Waals surface area contributed by atoms with Crippen molar-refractivity contribution in [1.29, 1.82) is 0 Å². The van der Waals surface area contributed by atoms with Crippen LogP contribution in [0.4, 0.5) is 23.7 Å². The number of imide groups is 1. The Labute approximate surface area is 100 Å². The number of halogens is 3. The predicted molar refractivity (Wildman–Crippen MR) is 56.9 cm³/mol. The van der Waals surface area contributed by atoms with Gasteiger partial charge in [-0.3, -0.25) is 4.79 Å². The first-order chi connectivity index (χ1) is 8.41. The van der Waals surface area contributed by atoms with Crippen molar-refractivity contribution in [1.82, 2.24) is 5.32 Å². The largest absolute Gasteiger partial charge is 0.402 e. The molecule has 1 unspecified atom stereocenters. The van der Waals surface area contributed by atoms with Crippen LogP contribution in [-0.4, -0.2) is 24.7 Å². The lowest BCUT2D eigenvalue weighted by atomic mass is 10.1. The predicted octanol–water partition coefficient (Wildman–Crippen LogP) is 1.92. The number of nitrogens with one attached hydrogen (secondary N) is 1. The van der Waals surface area contributed by atoms with E-state index < -0.39 is 30.6 Å². The zero-order chi connectivity index (χ0) is 13.3. The van der Waals surface area contributed by atoms with Crippen LogP contribution >= 0.6 is 0 Å². The molecule has 18 heavy (non-hydrogen) atoms. The zero-order valence-corrected chi connectivity index (χ0v) is 9.07. The molecule has 1 fully saturated rings. The van der Waals surface area contributed by atoms with Crippen molar-refractivity contribution in [3.05, 3.63) is 30.3 Å². The number of carbonyl (C=O) groups is 2. The summed E-state index contributed by atoms with van der Waals surface area (Å²) in [6.45, 7) is -0.718. The molecule has 0 bridgehead atoms. The number of alkyl halides is 3. The molecule has 0 aromatic heterocycles. The average Bonchev–Trinajstić information content (AvgIpc) is 2.28. The van der Waals surface area contributed by atoms with E-state index in [-0.39, 0.29) is 5.69 Å². The van der Waals surface area contributed by atoms with Gasteiger partial charge in [-0.05, 0) is 12.1 Å². The Morgan fingerprint density at radius 3 is 2.33 bits per heavy atom. The van der Waals surface area contributed by atoms with Gasteiger partial charge in [-0.2, -0.15) is 13.2 Å². The van der Waals surface area contributed by atoms with Gasteiger partial charge in [0, 0.05) is 6.54 Å². The summed E-state index contributed by atoms with van der Waals surface area (Å²) in [6, 6.07) is 6.66. The molecule has 1 aliphatic heterocycles. The van der Waals surface area contributed by atoms with Crippen LogP contribution in [0.5, 0.6) is 0 Å². The van der Waals surface area contributed by atoms with Crippen LogP contribution in [-0.2, 0) is 4.79 Å². The van der Waals surface area contributed by atoms with Crippen LogP contribution in [0.2, 0.25) is 0 Å². The fraction of sp³-hybridized carbons (Fsp3) is 0.273. The number of amides is 3. The quantitative estimate of drug-likeness (QED) is 0.836. The third-order valence-electron chi connectivity index (χ3n) is 2.59. The fourth-order valence-electron chi connectivity index (χ4n) is 1.69. The van der Waals surface area contributed by atoms with Gasteiger partial charge in [0.05, 0.1) is 5.69 Å². The molecule has 1 atom stereocenters. The Kier molecular flexibility index (Phi) is 2.98. The molecule has 1 aromatic rings. The first kappa shape index (κ1) is 12.4. The summed E-state index contributed by atoms with van der Waals surface area (Å²) in [5.41, 5.74) is 0.119. The van der Waals surface area contributed by atoms with Gasteiger partial charge in [0.1, 0.15) is 0 Å². The molecule has 3 amide bonds. The first-order valence-electron chi connectivity index (χ1n) is 5.15. The Morgan fingerprint density at radius 2 is 1.78 bits per heavy atom. The van der Waals surface area contributed by atoms with Gasteiger partial charge in [0.2, 0.25) is 5.91 Å². The normalized spacial score (nSPS) is 20.8. The van der Waals surface area contributed by atoms with E-state index in [1.54, 1.807) is 6.07 Å². The van der Waals surface area contributed by atoms with Crippen molar-refractivity contribution in [3.8, 4) is 0 Å². The van der Waals surface area contributed by atoms with E-state index in [1.165, 1.54) is 24.3 Å². The zero-order valence-electron chi connectivity index (χ0n) is 9.07. The van der Waals surface area contributed by atoms with E-state index in [1.807, 2.05) is 0 Å². The molecular weight excluding hydrogens is 249 g/mol. The summed E-state index contributed by atoms with van der Waals surface area (Å²) in [5.74, 6) is -3.45. The highest BCUT2D eigenvalue weighted by Gasteiger charge is 2.50. The minimum Gasteiger partial charge on any atom is -0.336 e. The lowest BCUT2D eigenvalue weighted by Crippen LogP contribution is -2.58. The molecule has 96 valence electrons. The summed E-state index contributed by atoms with van der Waals surface area (Å²) in [4.78, 5) is 23.7. The summed E-state index contributed by atoms with van der Waals surface area (Å²) >= 11 is 0. The van der Waals surface area contributed by atoms with Crippen LogP contribution in [0, 0.1) is 5.92 Å². The second-order valence-electron chi connectivity index (χ2n) is 3.79.